The maximum atomic E-state index is 12.1. The van der Waals surface area contributed by atoms with E-state index >= 15 is 0 Å². The molecule has 2 aromatic heterocycles. The molecule has 1 aromatic carbocycles. The maximum absolute atomic E-state index is 12.1. The molecule has 0 aliphatic heterocycles. The zero-order valence-corrected chi connectivity index (χ0v) is 15.6. The fourth-order valence-electron chi connectivity index (χ4n) is 3.15. The summed E-state index contributed by atoms with van der Waals surface area (Å²) in [7, 11) is 0. The number of thiazole rings is 1. The van der Waals surface area contributed by atoms with Gasteiger partial charge in [-0.3, -0.25) is 5.32 Å². The first-order valence-electron chi connectivity index (χ1n) is 9.13. The molecule has 1 atom stereocenters. The molecular weight excluding hydrogens is 346 g/mol. The number of anilines is 1. The molecule has 7 heteroatoms. The fourth-order valence-corrected chi connectivity index (χ4v) is 4.15. The van der Waals surface area contributed by atoms with Crippen LogP contribution in [0, 0.1) is 5.92 Å². The van der Waals surface area contributed by atoms with Crippen molar-refractivity contribution in [3.8, 4) is 0 Å². The van der Waals surface area contributed by atoms with Crippen LogP contribution in [0.4, 0.5) is 10.6 Å². The highest BCUT2D eigenvalue weighted by Crippen LogP contribution is 2.40. The maximum Gasteiger partial charge on any atom is 0.320 e. The van der Waals surface area contributed by atoms with E-state index in [1.54, 1.807) is 17.5 Å². The number of hydrogen-bond acceptors (Lipinski definition) is 4. The Balaban J connectivity index is 1.24. The monoisotopic (exact) mass is 369 g/mol. The first-order chi connectivity index (χ1) is 12.7. The number of aromatic nitrogens is 3. The number of aryl methyl sites for hydroxylation is 1. The molecular formula is C19H23N5OS. The summed E-state index contributed by atoms with van der Waals surface area (Å²) in [6.07, 6.45) is 5.97. The summed E-state index contributed by atoms with van der Waals surface area (Å²) in [5, 5.41) is 11.3. The lowest BCUT2D eigenvalue weighted by atomic mass is 10.2. The van der Waals surface area contributed by atoms with E-state index in [2.05, 4.69) is 33.7 Å². The van der Waals surface area contributed by atoms with E-state index in [1.165, 1.54) is 17.5 Å². The van der Waals surface area contributed by atoms with E-state index in [-0.39, 0.29) is 6.03 Å². The predicted molar refractivity (Wildman–Crippen MR) is 105 cm³/mol. The van der Waals surface area contributed by atoms with Crippen LogP contribution in [0.5, 0.6) is 0 Å². The number of urea groups is 1. The predicted octanol–water partition coefficient (Wildman–Crippen LogP) is 4.22. The summed E-state index contributed by atoms with van der Waals surface area (Å²) >= 11 is 1.72. The molecule has 1 aliphatic rings. The second-order valence-corrected chi connectivity index (χ2v) is 7.91. The van der Waals surface area contributed by atoms with Gasteiger partial charge in [-0.25, -0.2) is 14.5 Å². The Labute approximate surface area is 156 Å². The Morgan fingerprint density at radius 1 is 1.35 bits per heavy atom. The summed E-state index contributed by atoms with van der Waals surface area (Å²) in [6.45, 7) is 2.78. The zero-order valence-electron chi connectivity index (χ0n) is 14.8. The highest BCUT2D eigenvalue weighted by atomic mass is 32.1. The SMILES string of the molecule is C[C@@H](C1CC1)n1nccc1NC(=O)NCCCc1nc2ccccc2s1. The van der Waals surface area contributed by atoms with Gasteiger partial charge >= 0.3 is 6.03 Å². The first kappa shape index (κ1) is 17.0. The van der Waals surface area contributed by atoms with Crippen LogP contribution in [-0.2, 0) is 6.42 Å². The van der Waals surface area contributed by atoms with Gasteiger partial charge in [0, 0.05) is 19.0 Å². The summed E-state index contributed by atoms with van der Waals surface area (Å²) in [5.74, 6) is 1.44. The van der Waals surface area contributed by atoms with Crippen molar-refractivity contribution in [1.82, 2.24) is 20.1 Å². The number of carbonyl (C=O) groups is 1. The van der Waals surface area contributed by atoms with Crippen molar-refractivity contribution in [2.45, 2.75) is 38.6 Å². The van der Waals surface area contributed by atoms with E-state index in [4.69, 9.17) is 0 Å². The van der Waals surface area contributed by atoms with Crippen LogP contribution < -0.4 is 10.6 Å². The zero-order chi connectivity index (χ0) is 17.9. The second-order valence-electron chi connectivity index (χ2n) is 6.80. The van der Waals surface area contributed by atoms with E-state index in [0.29, 0.717) is 18.5 Å². The van der Waals surface area contributed by atoms with E-state index in [1.807, 2.05) is 28.9 Å². The highest BCUT2D eigenvalue weighted by Gasteiger charge is 2.30. The Kier molecular flexibility index (Phi) is 4.88. The Morgan fingerprint density at radius 3 is 3.00 bits per heavy atom. The molecule has 1 aliphatic carbocycles. The molecule has 0 spiro atoms. The molecule has 3 aromatic rings. The molecule has 6 nitrogen and oxygen atoms in total. The average molecular weight is 369 g/mol. The molecule has 2 N–H and O–H groups in total. The van der Waals surface area contributed by atoms with Crippen LogP contribution in [0.15, 0.2) is 36.5 Å². The molecule has 2 amide bonds. The second kappa shape index (κ2) is 7.45. The quantitative estimate of drug-likeness (QED) is 0.613. The smallest absolute Gasteiger partial charge is 0.320 e. The molecule has 26 heavy (non-hydrogen) atoms. The number of amides is 2. The molecule has 136 valence electrons. The van der Waals surface area contributed by atoms with Crippen molar-refractivity contribution in [2.75, 3.05) is 11.9 Å². The van der Waals surface area contributed by atoms with Crippen molar-refractivity contribution < 1.29 is 4.79 Å². The largest absolute Gasteiger partial charge is 0.338 e. The van der Waals surface area contributed by atoms with Crippen LogP contribution in [0.25, 0.3) is 10.2 Å². The molecule has 0 bridgehead atoms. The van der Waals surface area contributed by atoms with Crippen molar-refractivity contribution in [3.05, 3.63) is 41.5 Å². The lowest BCUT2D eigenvalue weighted by molar-refractivity contribution is 0.251. The normalized spacial score (nSPS) is 15.1. The summed E-state index contributed by atoms with van der Waals surface area (Å²) in [4.78, 5) is 16.8. The van der Waals surface area contributed by atoms with Crippen molar-refractivity contribution >= 4 is 33.4 Å². The molecule has 0 unspecified atom stereocenters. The number of para-hydroxylation sites is 1. The first-order valence-corrected chi connectivity index (χ1v) is 9.95. The number of nitrogens with one attached hydrogen (secondary N) is 2. The van der Waals surface area contributed by atoms with Crippen molar-refractivity contribution in [1.29, 1.82) is 0 Å². The molecule has 4 rings (SSSR count). The molecule has 1 saturated carbocycles. The summed E-state index contributed by atoms with van der Waals surface area (Å²) in [5.41, 5.74) is 1.05. The third kappa shape index (κ3) is 3.88. The number of carbonyl (C=O) groups excluding carboxylic acids is 1. The number of nitrogens with zero attached hydrogens (tertiary/aromatic N) is 3. The van der Waals surface area contributed by atoms with Gasteiger partial charge in [-0.15, -0.1) is 11.3 Å². The van der Waals surface area contributed by atoms with Gasteiger partial charge in [0.15, 0.2) is 0 Å². The number of rotatable bonds is 7. The fraction of sp³-hybridized carbons (Fsp3) is 0.421. The van der Waals surface area contributed by atoms with Gasteiger partial charge in [0.1, 0.15) is 5.82 Å². The van der Waals surface area contributed by atoms with Crippen molar-refractivity contribution in [3.63, 3.8) is 0 Å². The Hall–Kier alpha value is -2.41. The van der Waals surface area contributed by atoms with Gasteiger partial charge in [-0.2, -0.15) is 5.10 Å². The molecule has 0 radical (unpaired) electrons. The van der Waals surface area contributed by atoms with Gasteiger partial charge in [0.25, 0.3) is 0 Å². The number of benzene rings is 1. The Bertz CT molecular complexity index is 865. The van der Waals surface area contributed by atoms with Gasteiger partial charge in [-0.05, 0) is 44.2 Å². The Morgan fingerprint density at radius 2 is 2.19 bits per heavy atom. The third-order valence-corrected chi connectivity index (χ3v) is 5.89. The van der Waals surface area contributed by atoms with Crippen LogP contribution in [0.1, 0.15) is 37.2 Å². The standard InChI is InChI=1S/C19H23N5OS/c1-13(14-8-9-14)24-17(10-12-21-24)23-19(25)20-11-4-7-18-22-15-5-2-3-6-16(15)26-18/h2-3,5-6,10,12-14H,4,7-9,11H2,1H3,(H2,20,23,25)/t13-/m0/s1. The molecule has 0 saturated heterocycles. The van der Waals surface area contributed by atoms with Crippen LogP contribution in [0.2, 0.25) is 0 Å². The number of hydrogen-bond donors (Lipinski definition) is 2. The van der Waals surface area contributed by atoms with Crippen molar-refractivity contribution in [2.24, 2.45) is 5.92 Å². The van der Waals surface area contributed by atoms with Gasteiger partial charge in [0.05, 0.1) is 27.5 Å². The minimum Gasteiger partial charge on any atom is -0.338 e. The average Bonchev–Trinajstić information content (AvgIpc) is 3.25. The highest BCUT2D eigenvalue weighted by molar-refractivity contribution is 7.18. The minimum atomic E-state index is -0.181. The van der Waals surface area contributed by atoms with Gasteiger partial charge in [-0.1, -0.05) is 12.1 Å². The van der Waals surface area contributed by atoms with Gasteiger partial charge < -0.3 is 5.32 Å². The third-order valence-electron chi connectivity index (χ3n) is 4.79. The lowest BCUT2D eigenvalue weighted by Crippen LogP contribution is -2.31. The van der Waals surface area contributed by atoms with Crippen LogP contribution in [-0.4, -0.2) is 27.3 Å². The van der Waals surface area contributed by atoms with E-state index in [9.17, 15) is 4.79 Å². The molecule has 2 heterocycles. The minimum absolute atomic E-state index is 0.181. The van der Waals surface area contributed by atoms with E-state index < -0.39 is 0 Å². The number of fused-ring (bicyclic) bond motifs is 1. The van der Waals surface area contributed by atoms with Gasteiger partial charge in [0.2, 0.25) is 0 Å². The summed E-state index contributed by atoms with van der Waals surface area (Å²) in [6, 6.07) is 10.2. The molecule has 1 fully saturated rings. The van der Waals surface area contributed by atoms with E-state index in [0.717, 1.165) is 29.2 Å². The summed E-state index contributed by atoms with van der Waals surface area (Å²) < 4.78 is 3.13. The lowest BCUT2D eigenvalue weighted by Gasteiger charge is -2.15. The van der Waals surface area contributed by atoms with Crippen LogP contribution >= 0.6 is 11.3 Å². The van der Waals surface area contributed by atoms with Crippen LogP contribution in [0.3, 0.4) is 0 Å². The topological polar surface area (TPSA) is 71.8 Å².